The van der Waals surface area contributed by atoms with Crippen molar-refractivity contribution in [3.63, 3.8) is 0 Å². The highest BCUT2D eigenvalue weighted by Gasteiger charge is 2.12. The van der Waals surface area contributed by atoms with Crippen molar-refractivity contribution in [2.45, 2.75) is 26.3 Å². The molecule has 0 unspecified atom stereocenters. The van der Waals surface area contributed by atoms with Crippen LogP contribution in [0.15, 0.2) is 41.0 Å². The molecule has 19 heavy (non-hydrogen) atoms. The number of hydrogen-bond acceptors (Lipinski definition) is 3. The zero-order chi connectivity index (χ0) is 13.8. The van der Waals surface area contributed by atoms with Gasteiger partial charge in [-0.25, -0.2) is 4.79 Å². The van der Waals surface area contributed by atoms with E-state index in [-0.39, 0.29) is 5.56 Å². The number of hydrogen-bond donors (Lipinski definition) is 2. The number of rotatable bonds is 5. The SMILES string of the molecule is CC(C)c1ccc(NCc2occc2C(=O)O)cc1. The Morgan fingerprint density at radius 1 is 1.26 bits per heavy atom. The fraction of sp³-hybridized carbons (Fsp3) is 0.267. The first-order valence-electron chi connectivity index (χ1n) is 6.21. The molecule has 4 heteroatoms. The van der Waals surface area contributed by atoms with Crippen LogP contribution >= 0.6 is 0 Å². The highest BCUT2D eigenvalue weighted by atomic mass is 16.4. The van der Waals surface area contributed by atoms with E-state index in [2.05, 4.69) is 31.3 Å². The standard InChI is InChI=1S/C15H17NO3/c1-10(2)11-3-5-12(6-4-11)16-9-14-13(15(17)18)7-8-19-14/h3-8,10,16H,9H2,1-2H3,(H,17,18). The summed E-state index contributed by atoms with van der Waals surface area (Å²) in [7, 11) is 0. The third kappa shape index (κ3) is 3.16. The van der Waals surface area contributed by atoms with Gasteiger partial charge in [0.2, 0.25) is 0 Å². The average Bonchev–Trinajstić information content (AvgIpc) is 2.85. The quantitative estimate of drug-likeness (QED) is 0.859. The largest absolute Gasteiger partial charge is 0.478 e. The van der Waals surface area contributed by atoms with Crippen molar-refractivity contribution in [2.75, 3.05) is 5.32 Å². The average molecular weight is 259 g/mol. The second kappa shape index (κ2) is 5.61. The van der Waals surface area contributed by atoms with Gasteiger partial charge in [-0.15, -0.1) is 0 Å². The van der Waals surface area contributed by atoms with E-state index in [9.17, 15) is 4.79 Å². The summed E-state index contributed by atoms with van der Waals surface area (Å²) in [6.45, 7) is 4.64. The van der Waals surface area contributed by atoms with Gasteiger partial charge in [0, 0.05) is 5.69 Å². The lowest BCUT2D eigenvalue weighted by molar-refractivity contribution is 0.0694. The summed E-state index contributed by atoms with van der Waals surface area (Å²) in [6.07, 6.45) is 1.39. The van der Waals surface area contributed by atoms with Crippen molar-refractivity contribution in [1.29, 1.82) is 0 Å². The van der Waals surface area contributed by atoms with Crippen LogP contribution in [0.3, 0.4) is 0 Å². The molecule has 2 N–H and O–H groups in total. The molecule has 0 bridgehead atoms. The van der Waals surface area contributed by atoms with Crippen LogP contribution in [-0.4, -0.2) is 11.1 Å². The molecule has 4 nitrogen and oxygen atoms in total. The molecule has 100 valence electrons. The lowest BCUT2D eigenvalue weighted by atomic mass is 10.0. The lowest BCUT2D eigenvalue weighted by Gasteiger charge is -2.08. The Hall–Kier alpha value is -2.23. The minimum absolute atomic E-state index is 0.200. The fourth-order valence-electron chi connectivity index (χ4n) is 1.84. The molecule has 2 aromatic rings. The van der Waals surface area contributed by atoms with Gasteiger partial charge in [0.05, 0.1) is 12.8 Å². The molecule has 0 saturated heterocycles. The number of furan rings is 1. The molecule has 0 radical (unpaired) electrons. The number of aromatic carboxylic acids is 1. The summed E-state index contributed by atoms with van der Waals surface area (Å²) in [5.74, 6) is -0.0427. The first kappa shape index (κ1) is 13.2. The molecule has 0 aliphatic rings. The predicted octanol–water partition coefficient (Wildman–Crippen LogP) is 3.71. The second-order valence-corrected chi connectivity index (χ2v) is 4.69. The Kier molecular flexibility index (Phi) is 3.90. The predicted molar refractivity (Wildman–Crippen MR) is 73.5 cm³/mol. The first-order chi connectivity index (χ1) is 9.08. The van der Waals surface area contributed by atoms with Crippen LogP contribution in [0.2, 0.25) is 0 Å². The van der Waals surface area contributed by atoms with Crippen molar-refractivity contribution in [2.24, 2.45) is 0 Å². The normalized spacial score (nSPS) is 10.7. The third-order valence-electron chi connectivity index (χ3n) is 3.01. The molecule has 1 heterocycles. The van der Waals surface area contributed by atoms with Gasteiger partial charge in [-0.05, 0) is 29.7 Å². The first-order valence-corrected chi connectivity index (χ1v) is 6.21. The van der Waals surface area contributed by atoms with E-state index in [0.717, 1.165) is 5.69 Å². The van der Waals surface area contributed by atoms with Crippen LogP contribution in [-0.2, 0) is 6.54 Å². The van der Waals surface area contributed by atoms with Gasteiger partial charge in [0.25, 0.3) is 0 Å². The zero-order valence-corrected chi connectivity index (χ0v) is 11.0. The number of benzene rings is 1. The van der Waals surface area contributed by atoms with Crippen molar-refractivity contribution in [3.8, 4) is 0 Å². The Balaban J connectivity index is 2.02. The molecule has 0 aliphatic carbocycles. The minimum atomic E-state index is -0.972. The topological polar surface area (TPSA) is 62.5 Å². The summed E-state index contributed by atoms with van der Waals surface area (Å²) < 4.78 is 5.17. The van der Waals surface area contributed by atoms with Gasteiger partial charge in [0.1, 0.15) is 11.3 Å². The molecule has 0 aliphatic heterocycles. The Morgan fingerprint density at radius 2 is 1.95 bits per heavy atom. The van der Waals surface area contributed by atoms with Gasteiger partial charge in [0.15, 0.2) is 0 Å². The zero-order valence-electron chi connectivity index (χ0n) is 11.0. The maximum absolute atomic E-state index is 10.9. The minimum Gasteiger partial charge on any atom is -0.478 e. The fourth-order valence-corrected chi connectivity index (χ4v) is 1.84. The molecule has 2 rings (SSSR count). The summed E-state index contributed by atoms with van der Waals surface area (Å²) in [4.78, 5) is 10.9. The maximum atomic E-state index is 10.9. The van der Waals surface area contributed by atoms with Gasteiger partial charge < -0.3 is 14.8 Å². The second-order valence-electron chi connectivity index (χ2n) is 4.69. The van der Waals surface area contributed by atoms with E-state index in [4.69, 9.17) is 9.52 Å². The van der Waals surface area contributed by atoms with E-state index >= 15 is 0 Å². The van der Waals surface area contributed by atoms with Crippen LogP contribution in [0.1, 0.15) is 41.4 Å². The van der Waals surface area contributed by atoms with Gasteiger partial charge in [-0.2, -0.15) is 0 Å². The molecule has 1 aromatic carbocycles. The van der Waals surface area contributed by atoms with E-state index in [1.807, 2.05) is 12.1 Å². The van der Waals surface area contributed by atoms with Crippen molar-refractivity contribution in [1.82, 2.24) is 0 Å². The molecule has 0 spiro atoms. The van der Waals surface area contributed by atoms with Crippen molar-refractivity contribution >= 4 is 11.7 Å². The van der Waals surface area contributed by atoms with Gasteiger partial charge in [-0.1, -0.05) is 26.0 Å². The number of anilines is 1. The monoisotopic (exact) mass is 259 g/mol. The number of carboxylic acid groups (broad SMARTS) is 1. The van der Waals surface area contributed by atoms with E-state index in [0.29, 0.717) is 18.2 Å². The highest BCUT2D eigenvalue weighted by molar-refractivity contribution is 5.88. The molecule has 1 aromatic heterocycles. The number of carboxylic acids is 1. The van der Waals surface area contributed by atoms with E-state index in [1.165, 1.54) is 17.9 Å². The van der Waals surface area contributed by atoms with Crippen LogP contribution < -0.4 is 5.32 Å². The van der Waals surface area contributed by atoms with Crippen molar-refractivity contribution in [3.05, 3.63) is 53.5 Å². The molecule has 0 saturated carbocycles. The van der Waals surface area contributed by atoms with E-state index < -0.39 is 5.97 Å². The van der Waals surface area contributed by atoms with Gasteiger partial charge in [-0.3, -0.25) is 0 Å². The molecule has 0 atom stereocenters. The lowest BCUT2D eigenvalue weighted by Crippen LogP contribution is -2.04. The Bertz CT molecular complexity index is 555. The highest BCUT2D eigenvalue weighted by Crippen LogP contribution is 2.18. The summed E-state index contributed by atoms with van der Waals surface area (Å²) in [6, 6.07) is 9.55. The number of nitrogens with one attached hydrogen (secondary N) is 1. The van der Waals surface area contributed by atoms with Crippen LogP contribution in [0.4, 0.5) is 5.69 Å². The molecule has 0 amide bonds. The molecular formula is C15H17NO3. The summed E-state index contributed by atoms with van der Waals surface area (Å²) >= 11 is 0. The van der Waals surface area contributed by atoms with Crippen LogP contribution in [0.25, 0.3) is 0 Å². The van der Waals surface area contributed by atoms with Crippen LogP contribution in [0.5, 0.6) is 0 Å². The Labute approximate surface area is 112 Å². The summed E-state index contributed by atoms with van der Waals surface area (Å²) in [5.41, 5.74) is 2.42. The Morgan fingerprint density at radius 3 is 2.53 bits per heavy atom. The summed E-state index contributed by atoms with van der Waals surface area (Å²) in [5, 5.41) is 12.1. The smallest absolute Gasteiger partial charge is 0.339 e. The molecule has 0 fully saturated rings. The van der Waals surface area contributed by atoms with Crippen LogP contribution in [0, 0.1) is 0 Å². The maximum Gasteiger partial charge on any atom is 0.339 e. The number of carbonyl (C=O) groups is 1. The van der Waals surface area contributed by atoms with Gasteiger partial charge >= 0.3 is 5.97 Å². The van der Waals surface area contributed by atoms with E-state index in [1.54, 1.807) is 0 Å². The third-order valence-corrected chi connectivity index (χ3v) is 3.01. The molecular weight excluding hydrogens is 242 g/mol. The van der Waals surface area contributed by atoms with Crippen molar-refractivity contribution < 1.29 is 14.3 Å².